The zero-order valence-electron chi connectivity index (χ0n) is 9.55. The van der Waals surface area contributed by atoms with Gasteiger partial charge in [0.1, 0.15) is 0 Å². The minimum Gasteiger partial charge on any atom is -0.379 e. The first-order valence-corrected chi connectivity index (χ1v) is 5.71. The lowest BCUT2D eigenvalue weighted by molar-refractivity contribution is 0.0512. The highest BCUT2D eigenvalue weighted by Gasteiger charge is 2.26. The molecule has 0 aliphatic heterocycles. The zero-order valence-corrected chi connectivity index (χ0v) is 9.55. The van der Waals surface area contributed by atoms with E-state index in [-0.39, 0.29) is 0 Å². The van der Waals surface area contributed by atoms with Gasteiger partial charge in [0.2, 0.25) is 0 Å². The van der Waals surface area contributed by atoms with Crippen LogP contribution in [0.25, 0.3) is 0 Å². The summed E-state index contributed by atoms with van der Waals surface area (Å²) >= 11 is 0. The molecular weight excluding hydrogens is 160 g/mol. The minimum atomic E-state index is 0.401. The summed E-state index contributed by atoms with van der Waals surface area (Å²) in [6, 6.07) is 0. The Morgan fingerprint density at radius 1 is 1.15 bits per heavy atom. The second kappa shape index (κ2) is 4.99. The molecule has 1 aliphatic rings. The van der Waals surface area contributed by atoms with Crippen LogP contribution in [0.15, 0.2) is 0 Å². The van der Waals surface area contributed by atoms with Crippen molar-refractivity contribution in [2.45, 2.75) is 53.1 Å². The highest BCUT2D eigenvalue weighted by atomic mass is 16.5. The van der Waals surface area contributed by atoms with E-state index in [0.29, 0.717) is 6.10 Å². The molecule has 2 atom stereocenters. The first-order valence-electron chi connectivity index (χ1n) is 5.71. The molecule has 0 aromatic carbocycles. The summed E-state index contributed by atoms with van der Waals surface area (Å²) in [5, 5.41) is 0. The van der Waals surface area contributed by atoms with E-state index in [2.05, 4.69) is 27.7 Å². The molecule has 2 unspecified atom stereocenters. The maximum absolute atomic E-state index is 5.65. The fourth-order valence-electron chi connectivity index (χ4n) is 2.20. The van der Waals surface area contributed by atoms with Gasteiger partial charge in [0.05, 0.1) is 6.10 Å². The molecule has 1 saturated carbocycles. The van der Waals surface area contributed by atoms with Crippen molar-refractivity contribution in [2.24, 2.45) is 17.8 Å². The standard InChI is InChI=1S/C12H24O/c1-9(2)12-6-5-11(7-12)8-13-10(3)4/h9-12H,5-8H2,1-4H3. The molecule has 0 aromatic heterocycles. The third-order valence-electron chi connectivity index (χ3n) is 3.19. The van der Waals surface area contributed by atoms with Crippen LogP contribution >= 0.6 is 0 Å². The van der Waals surface area contributed by atoms with Gasteiger partial charge in [-0.2, -0.15) is 0 Å². The molecule has 1 nitrogen and oxygen atoms in total. The van der Waals surface area contributed by atoms with Crippen LogP contribution in [0.1, 0.15) is 47.0 Å². The monoisotopic (exact) mass is 184 g/mol. The molecule has 0 aromatic rings. The Bertz CT molecular complexity index is 140. The molecule has 1 rings (SSSR count). The predicted octanol–water partition coefficient (Wildman–Crippen LogP) is 3.48. The molecule has 0 N–H and O–H groups in total. The molecule has 1 aliphatic carbocycles. The molecule has 1 fully saturated rings. The molecule has 0 bridgehead atoms. The number of hydrogen-bond donors (Lipinski definition) is 0. The second-order valence-corrected chi connectivity index (χ2v) is 5.07. The van der Waals surface area contributed by atoms with Gasteiger partial charge in [0, 0.05) is 6.61 Å². The topological polar surface area (TPSA) is 9.23 Å². The first kappa shape index (κ1) is 11.0. The summed E-state index contributed by atoms with van der Waals surface area (Å²) in [5.41, 5.74) is 0. The Morgan fingerprint density at radius 2 is 1.85 bits per heavy atom. The molecule has 0 saturated heterocycles. The Kier molecular flexibility index (Phi) is 4.24. The Hall–Kier alpha value is -0.0400. The van der Waals surface area contributed by atoms with E-state index in [1.54, 1.807) is 0 Å². The fourth-order valence-corrected chi connectivity index (χ4v) is 2.20. The SMILES string of the molecule is CC(C)OCC1CCC(C(C)C)C1. The van der Waals surface area contributed by atoms with Crippen molar-refractivity contribution in [3.8, 4) is 0 Å². The lowest BCUT2D eigenvalue weighted by Gasteiger charge is -2.15. The van der Waals surface area contributed by atoms with Crippen LogP contribution in [0.5, 0.6) is 0 Å². The summed E-state index contributed by atoms with van der Waals surface area (Å²) in [4.78, 5) is 0. The van der Waals surface area contributed by atoms with Gasteiger partial charge >= 0.3 is 0 Å². The van der Waals surface area contributed by atoms with E-state index in [1.807, 2.05) is 0 Å². The Labute approximate surface area is 82.9 Å². The molecular formula is C12H24O. The molecule has 1 heteroatoms. The van der Waals surface area contributed by atoms with E-state index in [4.69, 9.17) is 4.74 Å². The highest BCUT2D eigenvalue weighted by Crippen LogP contribution is 2.35. The third kappa shape index (κ3) is 3.68. The Balaban J connectivity index is 2.17. The van der Waals surface area contributed by atoms with E-state index in [1.165, 1.54) is 19.3 Å². The van der Waals surface area contributed by atoms with Crippen molar-refractivity contribution in [1.29, 1.82) is 0 Å². The molecule has 78 valence electrons. The summed E-state index contributed by atoms with van der Waals surface area (Å²) in [6.45, 7) is 9.91. The highest BCUT2D eigenvalue weighted by molar-refractivity contribution is 4.77. The molecule has 0 spiro atoms. The van der Waals surface area contributed by atoms with E-state index >= 15 is 0 Å². The van der Waals surface area contributed by atoms with Gasteiger partial charge in [-0.15, -0.1) is 0 Å². The largest absolute Gasteiger partial charge is 0.379 e. The van der Waals surface area contributed by atoms with Crippen molar-refractivity contribution in [3.63, 3.8) is 0 Å². The maximum atomic E-state index is 5.65. The van der Waals surface area contributed by atoms with Crippen LogP contribution in [0.4, 0.5) is 0 Å². The average Bonchev–Trinajstić information content (AvgIpc) is 2.48. The smallest absolute Gasteiger partial charge is 0.0519 e. The lowest BCUT2D eigenvalue weighted by Crippen LogP contribution is -2.12. The fraction of sp³-hybridized carbons (Fsp3) is 1.00. The van der Waals surface area contributed by atoms with Crippen LogP contribution in [0.2, 0.25) is 0 Å². The van der Waals surface area contributed by atoms with E-state index < -0.39 is 0 Å². The molecule has 0 radical (unpaired) electrons. The molecule has 0 amide bonds. The van der Waals surface area contributed by atoms with Gasteiger partial charge in [0.25, 0.3) is 0 Å². The van der Waals surface area contributed by atoms with Crippen molar-refractivity contribution >= 4 is 0 Å². The van der Waals surface area contributed by atoms with Gasteiger partial charge in [-0.1, -0.05) is 13.8 Å². The van der Waals surface area contributed by atoms with Crippen LogP contribution in [0, 0.1) is 17.8 Å². The van der Waals surface area contributed by atoms with Gasteiger partial charge in [-0.25, -0.2) is 0 Å². The van der Waals surface area contributed by atoms with Crippen LogP contribution < -0.4 is 0 Å². The van der Waals surface area contributed by atoms with Crippen molar-refractivity contribution in [2.75, 3.05) is 6.61 Å². The van der Waals surface area contributed by atoms with E-state index in [0.717, 1.165) is 24.4 Å². The van der Waals surface area contributed by atoms with Crippen LogP contribution in [0.3, 0.4) is 0 Å². The predicted molar refractivity (Wildman–Crippen MR) is 56.8 cm³/mol. The van der Waals surface area contributed by atoms with Gasteiger partial charge < -0.3 is 4.74 Å². The number of rotatable bonds is 4. The quantitative estimate of drug-likeness (QED) is 0.650. The van der Waals surface area contributed by atoms with Crippen molar-refractivity contribution in [1.82, 2.24) is 0 Å². The third-order valence-corrected chi connectivity index (χ3v) is 3.19. The Morgan fingerprint density at radius 3 is 2.31 bits per heavy atom. The lowest BCUT2D eigenvalue weighted by atomic mass is 9.93. The molecule has 0 heterocycles. The average molecular weight is 184 g/mol. The summed E-state index contributed by atoms with van der Waals surface area (Å²) in [5.74, 6) is 2.67. The van der Waals surface area contributed by atoms with Crippen molar-refractivity contribution in [3.05, 3.63) is 0 Å². The summed E-state index contributed by atoms with van der Waals surface area (Å²) in [6.07, 6.45) is 4.60. The summed E-state index contributed by atoms with van der Waals surface area (Å²) in [7, 11) is 0. The van der Waals surface area contributed by atoms with Gasteiger partial charge in [-0.05, 0) is 50.9 Å². The first-order chi connectivity index (χ1) is 6.09. The number of ether oxygens (including phenoxy) is 1. The van der Waals surface area contributed by atoms with Gasteiger partial charge in [0.15, 0.2) is 0 Å². The summed E-state index contributed by atoms with van der Waals surface area (Å²) < 4.78 is 5.65. The van der Waals surface area contributed by atoms with Crippen molar-refractivity contribution < 1.29 is 4.74 Å². The maximum Gasteiger partial charge on any atom is 0.0519 e. The second-order valence-electron chi connectivity index (χ2n) is 5.07. The van der Waals surface area contributed by atoms with E-state index in [9.17, 15) is 0 Å². The van der Waals surface area contributed by atoms with Crippen LogP contribution in [-0.4, -0.2) is 12.7 Å². The minimum absolute atomic E-state index is 0.401. The van der Waals surface area contributed by atoms with Gasteiger partial charge in [-0.3, -0.25) is 0 Å². The number of hydrogen-bond acceptors (Lipinski definition) is 1. The zero-order chi connectivity index (χ0) is 9.84. The normalized spacial score (nSPS) is 29.1. The molecule has 13 heavy (non-hydrogen) atoms. The van der Waals surface area contributed by atoms with Crippen LogP contribution in [-0.2, 0) is 4.74 Å².